The number of hydrogen-bond acceptors (Lipinski definition) is 4. The number of rotatable bonds is 7. The van der Waals surface area contributed by atoms with E-state index in [-0.39, 0.29) is 30.1 Å². The lowest BCUT2D eigenvalue weighted by atomic mass is 10.1. The van der Waals surface area contributed by atoms with Gasteiger partial charge in [-0.2, -0.15) is 0 Å². The second kappa shape index (κ2) is 9.06. The van der Waals surface area contributed by atoms with Crippen LogP contribution in [0.1, 0.15) is 32.3 Å². The van der Waals surface area contributed by atoms with Gasteiger partial charge in [0.25, 0.3) is 11.1 Å². The molecule has 0 spiro atoms. The van der Waals surface area contributed by atoms with Crippen LogP contribution in [-0.2, 0) is 9.59 Å². The van der Waals surface area contributed by atoms with Crippen molar-refractivity contribution >= 4 is 46.5 Å². The first kappa shape index (κ1) is 19.5. The molecule has 1 aliphatic heterocycles. The zero-order valence-electron chi connectivity index (χ0n) is 14.3. The standard InChI is InChI=1S/C18H21ClN2O3S/c1-12(2)3-8-16(22)20-9-10-21-17(23)15(25-18(21)24)11-13-4-6-14(19)7-5-13/h4-7,11-12H,3,8-10H2,1-2H3,(H,20,22)/b15-11-. The molecule has 2 rings (SSSR count). The molecule has 1 fully saturated rings. The highest BCUT2D eigenvalue weighted by Crippen LogP contribution is 2.32. The van der Waals surface area contributed by atoms with Gasteiger partial charge < -0.3 is 5.32 Å². The highest BCUT2D eigenvalue weighted by molar-refractivity contribution is 8.18. The van der Waals surface area contributed by atoms with E-state index >= 15 is 0 Å². The molecule has 1 saturated heterocycles. The summed E-state index contributed by atoms with van der Waals surface area (Å²) < 4.78 is 0. The van der Waals surface area contributed by atoms with Gasteiger partial charge in [-0.1, -0.05) is 37.6 Å². The Balaban J connectivity index is 1.88. The Morgan fingerprint density at radius 3 is 2.60 bits per heavy atom. The van der Waals surface area contributed by atoms with Gasteiger partial charge in [0, 0.05) is 24.5 Å². The smallest absolute Gasteiger partial charge is 0.293 e. The van der Waals surface area contributed by atoms with Gasteiger partial charge in [0.15, 0.2) is 0 Å². The highest BCUT2D eigenvalue weighted by Gasteiger charge is 2.34. The van der Waals surface area contributed by atoms with Crippen molar-refractivity contribution in [2.24, 2.45) is 5.92 Å². The summed E-state index contributed by atoms with van der Waals surface area (Å²) in [6.07, 6.45) is 2.94. The van der Waals surface area contributed by atoms with E-state index in [1.165, 1.54) is 0 Å². The number of nitrogens with zero attached hydrogens (tertiary/aromatic N) is 1. The van der Waals surface area contributed by atoms with Gasteiger partial charge in [0.05, 0.1) is 4.91 Å². The summed E-state index contributed by atoms with van der Waals surface area (Å²) in [4.78, 5) is 37.6. The SMILES string of the molecule is CC(C)CCC(=O)NCCN1C(=O)S/C(=C\c2ccc(Cl)cc2)C1=O. The van der Waals surface area contributed by atoms with Crippen LogP contribution < -0.4 is 5.32 Å². The Morgan fingerprint density at radius 1 is 1.28 bits per heavy atom. The minimum atomic E-state index is -0.332. The second-order valence-electron chi connectivity index (χ2n) is 6.17. The third-order valence-corrected chi connectivity index (χ3v) is 4.81. The van der Waals surface area contributed by atoms with Crippen LogP contribution in [-0.4, -0.2) is 35.0 Å². The van der Waals surface area contributed by atoms with Crippen molar-refractivity contribution in [1.29, 1.82) is 0 Å². The molecule has 0 aromatic heterocycles. The normalized spacial score (nSPS) is 16.2. The highest BCUT2D eigenvalue weighted by atomic mass is 35.5. The van der Waals surface area contributed by atoms with Gasteiger partial charge in [0.1, 0.15) is 0 Å². The molecule has 0 atom stereocenters. The fourth-order valence-corrected chi connectivity index (χ4v) is 3.21. The Hall–Kier alpha value is -1.79. The molecule has 1 aromatic rings. The number of carbonyl (C=O) groups is 3. The molecule has 3 amide bonds. The van der Waals surface area contributed by atoms with Crippen LogP contribution >= 0.6 is 23.4 Å². The molecule has 1 aromatic carbocycles. The Labute approximate surface area is 156 Å². The van der Waals surface area contributed by atoms with Gasteiger partial charge >= 0.3 is 0 Å². The fourth-order valence-electron chi connectivity index (χ4n) is 2.22. The van der Waals surface area contributed by atoms with Crippen LogP contribution in [0.2, 0.25) is 5.02 Å². The fraction of sp³-hybridized carbons (Fsp3) is 0.389. The number of amides is 3. The van der Waals surface area contributed by atoms with Crippen LogP contribution in [0.15, 0.2) is 29.2 Å². The predicted octanol–water partition coefficient (Wildman–Crippen LogP) is 3.93. The summed E-state index contributed by atoms with van der Waals surface area (Å²) in [5, 5.41) is 3.04. The van der Waals surface area contributed by atoms with Crippen LogP contribution in [0.25, 0.3) is 6.08 Å². The van der Waals surface area contributed by atoms with Gasteiger partial charge in [-0.3, -0.25) is 19.3 Å². The van der Waals surface area contributed by atoms with Crippen LogP contribution in [0.4, 0.5) is 4.79 Å². The monoisotopic (exact) mass is 380 g/mol. The first-order chi connectivity index (χ1) is 11.9. The molecule has 5 nitrogen and oxygen atoms in total. The van der Waals surface area contributed by atoms with Gasteiger partial charge in [-0.25, -0.2) is 0 Å². The lowest BCUT2D eigenvalue weighted by molar-refractivity contribution is -0.124. The Morgan fingerprint density at radius 2 is 1.96 bits per heavy atom. The summed E-state index contributed by atoms with van der Waals surface area (Å²) in [5.41, 5.74) is 0.803. The zero-order valence-corrected chi connectivity index (χ0v) is 15.8. The molecular formula is C18H21ClN2O3S. The van der Waals surface area contributed by atoms with Gasteiger partial charge in [0.2, 0.25) is 5.91 Å². The third-order valence-electron chi connectivity index (χ3n) is 3.65. The first-order valence-corrected chi connectivity index (χ1v) is 9.34. The molecule has 0 radical (unpaired) electrons. The molecule has 7 heteroatoms. The minimum Gasteiger partial charge on any atom is -0.354 e. The topological polar surface area (TPSA) is 66.5 Å². The predicted molar refractivity (Wildman–Crippen MR) is 101 cm³/mol. The molecule has 1 heterocycles. The van der Waals surface area contributed by atoms with E-state index in [4.69, 9.17) is 11.6 Å². The summed E-state index contributed by atoms with van der Waals surface area (Å²) >= 11 is 6.74. The maximum absolute atomic E-state index is 12.4. The number of nitrogens with one attached hydrogen (secondary N) is 1. The summed E-state index contributed by atoms with van der Waals surface area (Å²) in [7, 11) is 0. The number of benzene rings is 1. The molecule has 0 saturated carbocycles. The lowest BCUT2D eigenvalue weighted by Gasteiger charge is -2.13. The number of hydrogen-bond donors (Lipinski definition) is 1. The zero-order chi connectivity index (χ0) is 18.4. The largest absolute Gasteiger partial charge is 0.354 e. The minimum absolute atomic E-state index is 0.0580. The van der Waals surface area contributed by atoms with E-state index in [1.807, 2.05) is 0 Å². The van der Waals surface area contributed by atoms with E-state index in [0.29, 0.717) is 22.3 Å². The molecule has 0 aliphatic carbocycles. The molecule has 25 heavy (non-hydrogen) atoms. The van der Waals surface area contributed by atoms with Crippen LogP contribution in [0, 0.1) is 5.92 Å². The number of halogens is 1. The molecular weight excluding hydrogens is 360 g/mol. The molecule has 1 aliphatic rings. The average molecular weight is 381 g/mol. The van der Waals surface area contributed by atoms with Crippen molar-refractivity contribution in [3.63, 3.8) is 0 Å². The van der Waals surface area contributed by atoms with E-state index in [0.717, 1.165) is 28.6 Å². The van der Waals surface area contributed by atoms with Gasteiger partial charge in [-0.15, -0.1) is 0 Å². The number of imide groups is 1. The number of thioether (sulfide) groups is 1. The van der Waals surface area contributed by atoms with E-state index in [9.17, 15) is 14.4 Å². The Bertz CT molecular complexity index is 686. The van der Waals surface area contributed by atoms with Crippen molar-refractivity contribution in [3.05, 3.63) is 39.8 Å². The number of carbonyl (C=O) groups excluding carboxylic acids is 3. The van der Waals surface area contributed by atoms with Crippen molar-refractivity contribution in [2.45, 2.75) is 26.7 Å². The molecule has 0 bridgehead atoms. The quantitative estimate of drug-likeness (QED) is 0.728. The first-order valence-electron chi connectivity index (χ1n) is 8.14. The van der Waals surface area contributed by atoms with Crippen molar-refractivity contribution < 1.29 is 14.4 Å². The maximum Gasteiger partial charge on any atom is 0.293 e. The van der Waals surface area contributed by atoms with Crippen molar-refractivity contribution in [3.8, 4) is 0 Å². The molecule has 1 N–H and O–H groups in total. The summed E-state index contributed by atoms with van der Waals surface area (Å²) in [6, 6.07) is 7.02. The lowest BCUT2D eigenvalue weighted by Crippen LogP contribution is -2.37. The van der Waals surface area contributed by atoms with Crippen molar-refractivity contribution in [1.82, 2.24) is 10.2 Å². The molecule has 134 valence electrons. The van der Waals surface area contributed by atoms with Crippen LogP contribution in [0.3, 0.4) is 0 Å². The van der Waals surface area contributed by atoms with E-state index in [2.05, 4.69) is 19.2 Å². The Kier molecular flexibility index (Phi) is 7.08. The van der Waals surface area contributed by atoms with E-state index in [1.54, 1.807) is 30.3 Å². The average Bonchev–Trinajstić information content (AvgIpc) is 2.82. The summed E-state index contributed by atoms with van der Waals surface area (Å²) in [5.74, 6) is 0.0724. The van der Waals surface area contributed by atoms with Crippen LogP contribution in [0.5, 0.6) is 0 Å². The van der Waals surface area contributed by atoms with Gasteiger partial charge in [-0.05, 0) is 47.9 Å². The maximum atomic E-state index is 12.4. The second-order valence-corrected chi connectivity index (χ2v) is 7.60. The van der Waals surface area contributed by atoms with E-state index < -0.39 is 0 Å². The molecule has 0 unspecified atom stereocenters. The summed E-state index contributed by atoms with van der Waals surface area (Å²) in [6.45, 7) is 4.56. The third kappa shape index (κ3) is 5.90. The van der Waals surface area contributed by atoms with Crippen molar-refractivity contribution in [2.75, 3.05) is 13.1 Å².